The van der Waals surface area contributed by atoms with Crippen LogP contribution < -0.4 is 5.32 Å². The van der Waals surface area contributed by atoms with Crippen molar-refractivity contribution in [1.29, 1.82) is 0 Å². The fourth-order valence-electron chi connectivity index (χ4n) is 4.61. The maximum absolute atomic E-state index is 15.6. The zero-order chi connectivity index (χ0) is 24.2. The number of ether oxygens (including phenoxy) is 1. The average molecular weight is 461 g/mol. The van der Waals surface area contributed by atoms with Crippen molar-refractivity contribution in [3.05, 3.63) is 76.9 Å². The van der Waals surface area contributed by atoms with Crippen LogP contribution in [0.15, 0.2) is 48.5 Å². The zero-order valence-electron chi connectivity index (χ0n) is 19.6. The molecule has 6 heteroatoms. The number of amides is 1. The summed E-state index contributed by atoms with van der Waals surface area (Å²) < 4.78 is 34.6. The number of H-pyrrole nitrogens is 1. The van der Waals surface area contributed by atoms with Gasteiger partial charge in [-0.3, -0.25) is 5.32 Å². The van der Waals surface area contributed by atoms with Crippen molar-refractivity contribution in [1.82, 2.24) is 4.98 Å². The molecule has 5 rings (SSSR count). The van der Waals surface area contributed by atoms with E-state index in [1.807, 2.05) is 45.0 Å². The van der Waals surface area contributed by atoms with E-state index in [0.717, 1.165) is 40.6 Å². The number of anilines is 1. The van der Waals surface area contributed by atoms with Crippen LogP contribution in [0.1, 0.15) is 37.5 Å². The molecule has 0 bridgehead atoms. The molecule has 3 aromatic carbocycles. The highest BCUT2D eigenvalue weighted by atomic mass is 19.1. The first-order valence-electron chi connectivity index (χ1n) is 11.3. The monoisotopic (exact) mass is 460 g/mol. The van der Waals surface area contributed by atoms with Crippen LogP contribution in [0.3, 0.4) is 0 Å². The summed E-state index contributed by atoms with van der Waals surface area (Å²) in [5.74, 6) is -0.652. The number of halogens is 2. The van der Waals surface area contributed by atoms with Gasteiger partial charge in [0.15, 0.2) is 5.82 Å². The van der Waals surface area contributed by atoms with E-state index in [-0.39, 0.29) is 11.6 Å². The van der Waals surface area contributed by atoms with E-state index in [1.165, 1.54) is 6.07 Å². The Kier molecular flexibility index (Phi) is 5.19. The van der Waals surface area contributed by atoms with Gasteiger partial charge in [-0.25, -0.2) is 13.6 Å². The molecule has 1 aliphatic carbocycles. The van der Waals surface area contributed by atoms with Gasteiger partial charge >= 0.3 is 6.09 Å². The van der Waals surface area contributed by atoms with Crippen LogP contribution >= 0.6 is 0 Å². The Balaban J connectivity index is 1.52. The van der Waals surface area contributed by atoms with Crippen LogP contribution in [-0.2, 0) is 17.6 Å². The Morgan fingerprint density at radius 3 is 2.50 bits per heavy atom. The second kappa shape index (κ2) is 7.97. The fraction of sp³-hybridized carbons (Fsp3) is 0.250. The van der Waals surface area contributed by atoms with Gasteiger partial charge in [0.05, 0.1) is 11.2 Å². The second-order valence-electron chi connectivity index (χ2n) is 9.79. The summed E-state index contributed by atoms with van der Waals surface area (Å²) in [5.41, 5.74) is 6.13. The van der Waals surface area contributed by atoms with E-state index in [2.05, 4.69) is 10.3 Å². The molecule has 1 heterocycles. The lowest BCUT2D eigenvalue weighted by Gasteiger charge is -2.21. The van der Waals surface area contributed by atoms with Gasteiger partial charge in [-0.1, -0.05) is 24.3 Å². The van der Waals surface area contributed by atoms with Crippen molar-refractivity contribution >= 4 is 22.7 Å². The third-order valence-corrected chi connectivity index (χ3v) is 6.15. The molecular weight excluding hydrogens is 434 g/mol. The Morgan fingerprint density at radius 1 is 1.00 bits per heavy atom. The van der Waals surface area contributed by atoms with Crippen molar-refractivity contribution in [2.24, 2.45) is 0 Å². The molecule has 0 saturated heterocycles. The van der Waals surface area contributed by atoms with Crippen LogP contribution in [0.2, 0.25) is 0 Å². The van der Waals surface area contributed by atoms with Gasteiger partial charge < -0.3 is 9.72 Å². The molecule has 4 nitrogen and oxygen atoms in total. The van der Waals surface area contributed by atoms with E-state index in [4.69, 9.17) is 4.74 Å². The predicted octanol–water partition coefficient (Wildman–Crippen LogP) is 7.53. The molecule has 1 aromatic heterocycles. The van der Waals surface area contributed by atoms with Crippen LogP contribution in [0.5, 0.6) is 0 Å². The van der Waals surface area contributed by atoms with Crippen molar-refractivity contribution < 1.29 is 18.3 Å². The number of aromatic amines is 1. The first-order chi connectivity index (χ1) is 16.1. The number of hydrogen-bond acceptors (Lipinski definition) is 2. The number of nitrogens with one attached hydrogen (secondary N) is 2. The normalized spacial score (nSPS) is 12.9. The number of rotatable bonds is 2. The van der Waals surface area contributed by atoms with Gasteiger partial charge in [0.2, 0.25) is 0 Å². The second-order valence-corrected chi connectivity index (χ2v) is 9.79. The third-order valence-electron chi connectivity index (χ3n) is 6.15. The number of fused-ring (bicyclic) bond motifs is 5. The minimum absolute atomic E-state index is 0.308. The van der Waals surface area contributed by atoms with Gasteiger partial charge in [0, 0.05) is 22.2 Å². The molecule has 2 N–H and O–H groups in total. The average Bonchev–Trinajstić information content (AvgIpc) is 3.14. The molecule has 0 atom stereocenters. The first-order valence-corrected chi connectivity index (χ1v) is 11.3. The van der Waals surface area contributed by atoms with Gasteiger partial charge in [-0.05, 0) is 87.1 Å². The summed E-state index contributed by atoms with van der Waals surface area (Å²) in [4.78, 5) is 15.4. The van der Waals surface area contributed by atoms with Crippen molar-refractivity contribution in [3.8, 4) is 22.4 Å². The van der Waals surface area contributed by atoms with Crippen LogP contribution in [0.4, 0.5) is 19.3 Å². The lowest BCUT2D eigenvalue weighted by molar-refractivity contribution is 0.0636. The summed E-state index contributed by atoms with van der Waals surface area (Å²) in [5, 5.41) is 3.64. The molecule has 0 fully saturated rings. The number of carbonyl (C=O) groups excluding carboxylic acids is 1. The van der Waals surface area contributed by atoms with Crippen LogP contribution in [0.25, 0.3) is 33.3 Å². The predicted molar refractivity (Wildman–Crippen MR) is 131 cm³/mol. The van der Waals surface area contributed by atoms with Gasteiger partial charge in [0.1, 0.15) is 11.4 Å². The highest BCUT2D eigenvalue weighted by Crippen LogP contribution is 2.41. The molecule has 1 amide bonds. The number of aromatic nitrogens is 1. The standard InChI is InChI=1S/C28H26F2N2O2/c1-15-13-16(6-12-23(15)29)19-10-11-22-21-8-5-17-14-18(31-27(33)34-28(2,3)4)7-9-20(17)25(21)32-26(22)24(19)30/h6-7,9-14,32H,5,8H2,1-4H3,(H,31,33). The third kappa shape index (κ3) is 3.94. The fourth-order valence-corrected chi connectivity index (χ4v) is 4.61. The Morgan fingerprint density at radius 2 is 1.76 bits per heavy atom. The van der Waals surface area contributed by atoms with E-state index in [9.17, 15) is 9.18 Å². The maximum atomic E-state index is 15.6. The van der Waals surface area contributed by atoms with Crippen molar-refractivity contribution in [3.63, 3.8) is 0 Å². The summed E-state index contributed by atoms with van der Waals surface area (Å²) in [7, 11) is 0. The highest BCUT2D eigenvalue weighted by Gasteiger charge is 2.24. The number of hydrogen-bond donors (Lipinski definition) is 2. The largest absolute Gasteiger partial charge is 0.444 e. The highest BCUT2D eigenvalue weighted by molar-refractivity contribution is 5.96. The molecule has 0 aliphatic heterocycles. The first kappa shape index (κ1) is 22.1. The van der Waals surface area contributed by atoms with Crippen LogP contribution in [-0.4, -0.2) is 16.7 Å². The minimum atomic E-state index is -0.576. The summed E-state index contributed by atoms with van der Waals surface area (Å²) in [6.45, 7) is 7.13. The zero-order valence-corrected chi connectivity index (χ0v) is 19.6. The molecule has 0 saturated carbocycles. The number of carbonyl (C=O) groups is 1. The quantitative estimate of drug-likeness (QED) is 0.325. The summed E-state index contributed by atoms with van der Waals surface area (Å²) in [6, 6.07) is 14.0. The van der Waals surface area contributed by atoms with E-state index >= 15 is 4.39 Å². The lowest BCUT2D eigenvalue weighted by atomic mass is 9.88. The summed E-state index contributed by atoms with van der Waals surface area (Å²) in [6.07, 6.45) is 1.03. The Bertz CT molecular complexity index is 1450. The van der Waals surface area contributed by atoms with E-state index < -0.39 is 11.7 Å². The number of aryl methyl sites for hydroxylation is 3. The lowest BCUT2D eigenvalue weighted by Crippen LogP contribution is -2.27. The molecule has 34 heavy (non-hydrogen) atoms. The van der Waals surface area contributed by atoms with E-state index in [0.29, 0.717) is 27.9 Å². The SMILES string of the molecule is Cc1cc(-c2ccc3c4c([nH]c3c2F)-c2ccc(NC(=O)OC(C)(C)C)cc2CC4)ccc1F. The van der Waals surface area contributed by atoms with E-state index in [1.54, 1.807) is 25.1 Å². The van der Waals surface area contributed by atoms with Gasteiger partial charge in [0.25, 0.3) is 0 Å². The topological polar surface area (TPSA) is 54.1 Å². The number of benzene rings is 3. The molecular formula is C28H26F2N2O2. The molecule has 4 aromatic rings. The molecule has 174 valence electrons. The van der Waals surface area contributed by atoms with Gasteiger partial charge in [-0.2, -0.15) is 0 Å². The van der Waals surface area contributed by atoms with Gasteiger partial charge in [-0.15, -0.1) is 0 Å². The Labute approximate surface area is 197 Å². The smallest absolute Gasteiger partial charge is 0.412 e. The Hall–Kier alpha value is -3.67. The van der Waals surface area contributed by atoms with Crippen LogP contribution in [0, 0.1) is 18.6 Å². The molecule has 0 radical (unpaired) electrons. The maximum Gasteiger partial charge on any atom is 0.412 e. The minimum Gasteiger partial charge on any atom is -0.444 e. The molecule has 0 spiro atoms. The van der Waals surface area contributed by atoms with Crippen molar-refractivity contribution in [2.45, 2.75) is 46.1 Å². The summed E-state index contributed by atoms with van der Waals surface area (Å²) >= 11 is 0. The molecule has 1 aliphatic rings. The van der Waals surface area contributed by atoms with Crippen molar-refractivity contribution in [2.75, 3.05) is 5.32 Å². The molecule has 0 unspecified atom stereocenters.